The number of rotatable bonds is 6. The molecule has 2 amide bonds. The number of aromatic nitrogens is 2. The van der Waals surface area contributed by atoms with Gasteiger partial charge >= 0.3 is 6.03 Å². The van der Waals surface area contributed by atoms with Crippen molar-refractivity contribution in [3.05, 3.63) is 83.6 Å². The molecule has 1 spiro atoms. The maximum absolute atomic E-state index is 13.9. The van der Waals surface area contributed by atoms with Crippen LogP contribution in [0.4, 0.5) is 4.79 Å². The first-order chi connectivity index (χ1) is 19.0. The number of piperidine rings is 1. The van der Waals surface area contributed by atoms with E-state index in [1.165, 1.54) is 5.69 Å². The Hall–Kier alpha value is -3.78. The second-order valence-corrected chi connectivity index (χ2v) is 10.7. The van der Waals surface area contributed by atoms with Gasteiger partial charge in [-0.15, -0.1) is 0 Å². The first-order valence-corrected chi connectivity index (χ1v) is 13.8. The van der Waals surface area contributed by atoms with Crippen LogP contribution in [-0.2, 0) is 13.1 Å². The molecule has 2 saturated heterocycles. The molecule has 6 rings (SSSR count). The van der Waals surface area contributed by atoms with Gasteiger partial charge in [-0.1, -0.05) is 13.0 Å². The van der Waals surface area contributed by atoms with Gasteiger partial charge in [0.05, 0.1) is 38.2 Å². The summed E-state index contributed by atoms with van der Waals surface area (Å²) < 4.78 is 13.6. The van der Waals surface area contributed by atoms with E-state index < -0.39 is 0 Å². The number of benzene rings is 1. The number of methoxy groups -OCH3 is 2. The van der Waals surface area contributed by atoms with E-state index in [1.54, 1.807) is 20.4 Å². The summed E-state index contributed by atoms with van der Waals surface area (Å²) in [5.41, 5.74) is 5.40. The number of hydrogen-bond acceptors (Lipinski definition) is 5. The summed E-state index contributed by atoms with van der Waals surface area (Å²) >= 11 is 0. The molecule has 0 saturated carbocycles. The largest absolute Gasteiger partial charge is 0.497 e. The summed E-state index contributed by atoms with van der Waals surface area (Å²) in [6.07, 6.45) is 9.93. The third-order valence-electron chi connectivity index (χ3n) is 8.74. The first-order valence-electron chi connectivity index (χ1n) is 13.8. The lowest BCUT2D eigenvalue weighted by Gasteiger charge is -2.44. The molecule has 0 aliphatic carbocycles. The van der Waals surface area contributed by atoms with Gasteiger partial charge in [-0.05, 0) is 55.7 Å². The van der Waals surface area contributed by atoms with Crippen LogP contribution in [0.15, 0.2) is 66.8 Å². The quantitative estimate of drug-likeness (QED) is 0.442. The molecule has 3 aliphatic rings. The van der Waals surface area contributed by atoms with Crippen molar-refractivity contribution in [2.24, 2.45) is 0 Å². The van der Waals surface area contributed by atoms with Crippen LogP contribution >= 0.6 is 0 Å². The van der Waals surface area contributed by atoms with Gasteiger partial charge in [-0.2, -0.15) is 0 Å². The van der Waals surface area contributed by atoms with Crippen molar-refractivity contribution >= 4 is 6.03 Å². The van der Waals surface area contributed by atoms with Crippen molar-refractivity contribution in [3.63, 3.8) is 0 Å². The zero-order valence-corrected chi connectivity index (χ0v) is 23.3. The first kappa shape index (κ1) is 25.5. The van der Waals surface area contributed by atoms with Crippen molar-refractivity contribution in [1.82, 2.24) is 24.3 Å². The predicted molar refractivity (Wildman–Crippen MR) is 150 cm³/mol. The molecule has 2 aromatic heterocycles. The van der Waals surface area contributed by atoms with E-state index in [9.17, 15) is 4.79 Å². The van der Waals surface area contributed by atoms with E-state index in [0.29, 0.717) is 13.1 Å². The normalized spacial score (nSPS) is 20.5. The number of likely N-dealkylation sites (N-methyl/N-ethyl adjacent to an activating group) is 1. The minimum atomic E-state index is -0.290. The molecule has 2 fully saturated rings. The Morgan fingerprint density at radius 2 is 1.92 bits per heavy atom. The lowest BCUT2D eigenvalue weighted by atomic mass is 9.82. The molecular formula is C31H37N5O3. The van der Waals surface area contributed by atoms with Crippen molar-refractivity contribution in [1.29, 1.82) is 0 Å². The molecule has 8 heteroatoms. The SMILES string of the molecule is CCN1C(=O)N2Cc3cc(OC)cc(OC)c3[C@@H](C)C=C2C12CCN(Cc1cccn1-c1cccnc1)CC2. The fraction of sp³-hybridized carbons (Fsp3) is 0.419. The Balaban J connectivity index is 1.28. The lowest BCUT2D eigenvalue weighted by Crippen LogP contribution is -2.53. The van der Waals surface area contributed by atoms with Crippen LogP contribution in [0.1, 0.15) is 49.4 Å². The van der Waals surface area contributed by atoms with E-state index in [1.807, 2.05) is 23.2 Å². The molecule has 1 atom stereocenters. The Kier molecular flexibility index (Phi) is 6.59. The number of carbonyl (C=O) groups is 1. The van der Waals surface area contributed by atoms with E-state index in [4.69, 9.17) is 9.47 Å². The monoisotopic (exact) mass is 527 g/mol. The fourth-order valence-electron chi connectivity index (χ4n) is 6.87. The van der Waals surface area contributed by atoms with Crippen LogP contribution in [0, 0.1) is 0 Å². The summed E-state index contributed by atoms with van der Waals surface area (Å²) in [4.78, 5) is 24.8. The number of nitrogens with zero attached hydrogens (tertiary/aromatic N) is 5. The molecule has 204 valence electrons. The third kappa shape index (κ3) is 4.18. The van der Waals surface area contributed by atoms with Gasteiger partial charge in [-0.3, -0.25) is 14.8 Å². The zero-order chi connectivity index (χ0) is 27.1. The predicted octanol–water partition coefficient (Wildman–Crippen LogP) is 5.18. The fourth-order valence-corrected chi connectivity index (χ4v) is 6.87. The molecule has 0 bridgehead atoms. The highest BCUT2D eigenvalue weighted by atomic mass is 16.5. The molecule has 3 aliphatic heterocycles. The van der Waals surface area contributed by atoms with Crippen molar-refractivity contribution in [3.8, 4) is 17.2 Å². The van der Waals surface area contributed by atoms with Crippen LogP contribution < -0.4 is 9.47 Å². The average Bonchev–Trinajstić information content (AvgIpc) is 3.45. The molecule has 5 heterocycles. The van der Waals surface area contributed by atoms with Gasteiger partial charge in [0.2, 0.25) is 0 Å². The van der Waals surface area contributed by atoms with Gasteiger partial charge in [0.15, 0.2) is 0 Å². The van der Waals surface area contributed by atoms with E-state index in [2.05, 4.69) is 69.7 Å². The molecule has 39 heavy (non-hydrogen) atoms. The number of allylic oxidation sites excluding steroid dienone is 1. The van der Waals surface area contributed by atoms with Crippen LogP contribution in [0.2, 0.25) is 0 Å². The maximum atomic E-state index is 13.9. The van der Waals surface area contributed by atoms with Gasteiger partial charge in [0.25, 0.3) is 0 Å². The topological polar surface area (TPSA) is 63.1 Å². The second-order valence-electron chi connectivity index (χ2n) is 10.7. The Morgan fingerprint density at radius 1 is 1.10 bits per heavy atom. The van der Waals surface area contributed by atoms with Crippen molar-refractivity contribution < 1.29 is 14.3 Å². The molecule has 1 aromatic carbocycles. The summed E-state index contributed by atoms with van der Waals surface area (Å²) in [5.74, 6) is 1.68. The number of amides is 2. The molecule has 0 radical (unpaired) electrons. The van der Waals surface area contributed by atoms with Gasteiger partial charge < -0.3 is 18.9 Å². The Morgan fingerprint density at radius 3 is 2.62 bits per heavy atom. The Labute approximate surface area is 230 Å². The smallest absolute Gasteiger partial charge is 0.325 e. The summed E-state index contributed by atoms with van der Waals surface area (Å²) in [6.45, 7) is 8.23. The third-order valence-corrected chi connectivity index (χ3v) is 8.74. The minimum Gasteiger partial charge on any atom is -0.497 e. The molecule has 3 aromatic rings. The highest BCUT2D eigenvalue weighted by molar-refractivity contribution is 5.83. The highest BCUT2D eigenvalue weighted by Crippen LogP contribution is 2.49. The molecular weight excluding hydrogens is 490 g/mol. The minimum absolute atomic E-state index is 0.101. The second kappa shape index (κ2) is 10.1. The van der Waals surface area contributed by atoms with E-state index in [0.717, 1.165) is 66.5 Å². The number of fused-ring (bicyclic) bond motifs is 3. The van der Waals surface area contributed by atoms with Gasteiger partial charge in [0.1, 0.15) is 11.5 Å². The average molecular weight is 528 g/mol. The molecule has 0 N–H and O–H groups in total. The van der Waals surface area contributed by atoms with Crippen molar-refractivity contribution in [2.75, 3.05) is 33.9 Å². The number of carbonyl (C=O) groups excluding carboxylic acids is 1. The number of pyridine rings is 1. The maximum Gasteiger partial charge on any atom is 0.325 e. The number of ether oxygens (including phenoxy) is 2. The molecule has 8 nitrogen and oxygen atoms in total. The van der Waals surface area contributed by atoms with Crippen LogP contribution in [0.3, 0.4) is 0 Å². The Bertz CT molecular complexity index is 1390. The number of hydrogen-bond donors (Lipinski definition) is 0. The molecule has 0 unspecified atom stereocenters. The van der Waals surface area contributed by atoms with Crippen molar-refractivity contribution in [2.45, 2.75) is 51.2 Å². The van der Waals surface area contributed by atoms with Gasteiger partial charge in [0, 0.05) is 67.5 Å². The lowest BCUT2D eigenvalue weighted by molar-refractivity contribution is 0.0879. The summed E-state index contributed by atoms with van der Waals surface area (Å²) in [6, 6.07) is 12.4. The van der Waals surface area contributed by atoms with Crippen LogP contribution in [0.5, 0.6) is 11.5 Å². The number of urea groups is 1. The highest BCUT2D eigenvalue weighted by Gasteiger charge is 2.54. The summed E-state index contributed by atoms with van der Waals surface area (Å²) in [7, 11) is 3.37. The number of likely N-dealkylation sites (tertiary alicyclic amines) is 1. The van der Waals surface area contributed by atoms with Crippen LogP contribution in [-0.4, -0.2) is 69.7 Å². The van der Waals surface area contributed by atoms with Gasteiger partial charge in [-0.25, -0.2) is 4.79 Å². The van der Waals surface area contributed by atoms with E-state index in [-0.39, 0.29) is 17.5 Å². The van der Waals surface area contributed by atoms with Crippen LogP contribution in [0.25, 0.3) is 5.69 Å². The standard InChI is InChI=1S/C31H37N5O3/c1-5-36-30(37)35-20-23-17-26(38-3)18-27(39-4)29(23)22(2)16-28(35)31(36)10-14-33(15-11-31)21-25-9-7-13-34(25)24-8-6-12-32-19-24/h6-9,12-13,16-19,22H,5,10-11,14-15,20-21H2,1-4H3/t22-/m0/s1. The zero-order valence-electron chi connectivity index (χ0n) is 23.3. The summed E-state index contributed by atoms with van der Waals surface area (Å²) in [5, 5.41) is 0. The van der Waals surface area contributed by atoms with E-state index >= 15 is 0 Å².